The van der Waals surface area contributed by atoms with Gasteiger partial charge in [-0.2, -0.15) is 8.42 Å². The molecule has 0 saturated carbocycles. The summed E-state index contributed by atoms with van der Waals surface area (Å²) in [5.74, 6) is 0.728. The first-order valence-corrected chi connectivity index (χ1v) is 12.0. The van der Waals surface area contributed by atoms with Gasteiger partial charge in [-0.25, -0.2) is 0 Å². The number of ether oxygens (including phenoxy) is 2. The van der Waals surface area contributed by atoms with Crippen LogP contribution in [0.15, 0.2) is 83.6 Å². The Labute approximate surface area is 196 Å². The SMILES string of the molecule is CCn1cc(/C=C2/Oc3cc(OS(=O)(=O)c4ccc(OC)cc4)ccc3C2=O)c2ccccc21. The number of nitrogens with zero attached hydrogens (tertiary/aromatic N) is 1. The first-order chi connectivity index (χ1) is 16.4. The quantitative estimate of drug-likeness (QED) is 0.287. The van der Waals surface area contributed by atoms with Gasteiger partial charge in [-0.15, -0.1) is 0 Å². The molecule has 2 heterocycles. The minimum atomic E-state index is -4.07. The molecule has 7 nitrogen and oxygen atoms in total. The predicted octanol–water partition coefficient (Wildman–Crippen LogP) is 5.05. The molecule has 0 fully saturated rings. The van der Waals surface area contributed by atoms with E-state index in [1.54, 1.807) is 6.08 Å². The van der Waals surface area contributed by atoms with E-state index in [-0.39, 0.29) is 27.9 Å². The van der Waals surface area contributed by atoms with E-state index in [0.29, 0.717) is 11.3 Å². The number of ketones is 1. The summed E-state index contributed by atoms with van der Waals surface area (Å²) in [5, 5.41) is 1.01. The zero-order valence-electron chi connectivity index (χ0n) is 18.5. The Hall–Kier alpha value is -4.04. The Morgan fingerprint density at radius 1 is 1.00 bits per heavy atom. The van der Waals surface area contributed by atoms with Crippen LogP contribution in [0.4, 0.5) is 0 Å². The fraction of sp³-hybridized carbons (Fsp3) is 0.115. The standard InChI is InChI=1S/C26H21NO6S/c1-3-27-16-17(21-6-4-5-7-23(21)27)14-25-26(28)22-13-10-19(15-24(22)32-25)33-34(29,30)20-11-8-18(31-2)9-12-20/h4-16H,3H2,1-2H3/b25-14+. The molecule has 0 aliphatic carbocycles. The smallest absolute Gasteiger partial charge is 0.339 e. The van der Waals surface area contributed by atoms with Crippen molar-refractivity contribution in [3.05, 3.63) is 89.8 Å². The number of para-hydroxylation sites is 1. The maximum atomic E-state index is 12.9. The molecule has 0 N–H and O–H groups in total. The molecule has 0 radical (unpaired) electrons. The van der Waals surface area contributed by atoms with Crippen molar-refractivity contribution in [2.24, 2.45) is 0 Å². The molecule has 0 atom stereocenters. The third kappa shape index (κ3) is 3.82. The molecule has 5 rings (SSSR count). The minimum absolute atomic E-state index is 0.0151. The lowest BCUT2D eigenvalue weighted by molar-refractivity contribution is 0.101. The second kappa shape index (κ2) is 8.39. The van der Waals surface area contributed by atoms with Gasteiger partial charge in [0.15, 0.2) is 5.76 Å². The molecule has 1 aromatic heterocycles. The Bertz CT molecular complexity index is 1550. The van der Waals surface area contributed by atoms with Gasteiger partial charge in [0.2, 0.25) is 5.78 Å². The largest absolute Gasteiger partial charge is 0.497 e. The molecular weight excluding hydrogens is 454 g/mol. The number of benzene rings is 3. The number of hydrogen-bond acceptors (Lipinski definition) is 6. The zero-order valence-corrected chi connectivity index (χ0v) is 19.3. The van der Waals surface area contributed by atoms with Gasteiger partial charge in [0.1, 0.15) is 22.1 Å². The Kier molecular flexibility index (Phi) is 5.37. The summed E-state index contributed by atoms with van der Waals surface area (Å²) in [6.07, 6.45) is 3.69. The van der Waals surface area contributed by atoms with Gasteiger partial charge in [0, 0.05) is 35.3 Å². The predicted molar refractivity (Wildman–Crippen MR) is 128 cm³/mol. The van der Waals surface area contributed by atoms with Gasteiger partial charge < -0.3 is 18.2 Å². The molecule has 3 aromatic carbocycles. The summed E-state index contributed by atoms with van der Waals surface area (Å²) in [7, 11) is -2.57. The lowest BCUT2D eigenvalue weighted by Crippen LogP contribution is -2.09. The molecule has 0 amide bonds. The number of carbonyl (C=O) groups excluding carboxylic acids is 1. The van der Waals surface area contributed by atoms with Crippen molar-refractivity contribution in [1.29, 1.82) is 0 Å². The van der Waals surface area contributed by atoms with Crippen molar-refractivity contribution in [1.82, 2.24) is 4.57 Å². The maximum Gasteiger partial charge on any atom is 0.339 e. The number of allylic oxidation sites excluding steroid dienone is 1. The molecular formula is C26H21NO6S. The third-order valence-corrected chi connectivity index (χ3v) is 6.90. The van der Waals surface area contributed by atoms with Crippen LogP contribution in [0.2, 0.25) is 0 Å². The van der Waals surface area contributed by atoms with Crippen LogP contribution in [0.3, 0.4) is 0 Å². The van der Waals surface area contributed by atoms with Crippen LogP contribution in [0.1, 0.15) is 22.8 Å². The lowest BCUT2D eigenvalue weighted by Gasteiger charge is -2.08. The Balaban J connectivity index is 1.43. The van der Waals surface area contributed by atoms with Crippen molar-refractivity contribution >= 4 is 32.9 Å². The van der Waals surface area contributed by atoms with E-state index in [4.69, 9.17) is 13.7 Å². The van der Waals surface area contributed by atoms with E-state index in [1.165, 1.54) is 49.6 Å². The third-order valence-electron chi connectivity index (χ3n) is 5.64. The average molecular weight is 476 g/mol. The summed E-state index contributed by atoms with van der Waals surface area (Å²) in [6, 6.07) is 18.2. The molecule has 0 bridgehead atoms. The van der Waals surface area contributed by atoms with Crippen molar-refractivity contribution in [2.75, 3.05) is 7.11 Å². The molecule has 34 heavy (non-hydrogen) atoms. The second-order valence-electron chi connectivity index (χ2n) is 7.70. The van der Waals surface area contributed by atoms with Gasteiger partial charge in [0.25, 0.3) is 0 Å². The highest BCUT2D eigenvalue weighted by Gasteiger charge is 2.29. The highest BCUT2D eigenvalue weighted by molar-refractivity contribution is 7.87. The highest BCUT2D eigenvalue weighted by Crippen LogP contribution is 2.36. The highest BCUT2D eigenvalue weighted by atomic mass is 32.2. The van der Waals surface area contributed by atoms with Crippen LogP contribution < -0.4 is 13.7 Å². The summed E-state index contributed by atoms with van der Waals surface area (Å²) in [6.45, 7) is 2.85. The molecule has 8 heteroatoms. The molecule has 4 aromatic rings. The number of aryl methyl sites for hydroxylation is 1. The molecule has 1 aliphatic heterocycles. The second-order valence-corrected chi connectivity index (χ2v) is 9.24. The van der Waals surface area contributed by atoms with Crippen molar-refractivity contribution in [3.63, 3.8) is 0 Å². The normalized spacial score (nSPS) is 14.3. The van der Waals surface area contributed by atoms with Crippen molar-refractivity contribution < 1.29 is 26.9 Å². The number of aromatic nitrogens is 1. The zero-order chi connectivity index (χ0) is 23.9. The Morgan fingerprint density at radius 3 is 2.47 bits per heavy atom. The van der Waals surface area contributed by atoms with E-state index in [9.17, 15) is 13.2 Å². The van der Waals surface area contributed by atoms with E-state index in [0.717, 1.165) is 23.0 Å². The maximum absolute atomic E-state index is 12.9. The number of carbonyl (C=O) groups is 1. The van der Waals surface area contributed by atoms with E-state index in [2.05, 4.69) is 11.5 Å². The first-order valence-electron chi connectivity index (χ1n) is 10.6. The lowest BCUT2D eigenvalue weighted by atomic mass is 10.1. The number of hydrogen-bond donors (Lipinski definition) is 0. The van der Waals surface area contributed by atoms with Crippen LogP contribution in [-0.2, 0) is 16.7 Å². The van der Waals surface area contributed by atoms with Gasteiger partial charge in [-0.3, -0.25) is 4.79 Å². The monoisotopic (exact) mass is 475 g/mol. The number of rotatable bonds is 6. The van der Waals surface area contributed by atoms with Crippen molar-refractivity contribution in [2.45, 2.75) is 18.4 Å². The fourth-order valence-electron chi connectivity index (χ4n) is 3.93. The molecule has 0 unspecified atom stereocenters. The molecule has 172 valence electrons. The molecule has 0 spiro atoms. The summed E-state index contributed by atoms with van der Waals surface area (Å²) in [5.41, 5.74) is 2.28. The number of fused-ring (bicyclic) bond motifs is 2. The van der Waals surface area contributed by atoms with Gasteiger partial charge in [0.05, 0.1) is 12.7 Å². The topological polar surface area (TPSA) is 83.8 Å². The summed E-state index contributed by atoms with van der Waals surface area (Å²) >= 11 is 0. The average Bonchev–Trinajstić information content (AvgIpc) is 3.36. The molecule has 0 saturated heterocycles. The van der Waals surface area contributed by atoms with Gasteiger partial charge >= 0.3 is 10.1 Å². The van der Waals surface area contributed by atoms with Gasteiger partial charge in [-0.05, 0) is 55.5 Å². The van der Waals surface area contributed by atoms with Crippen LogP contribution in [0, 0.1) is 0 Å². The summed E-state index contributed by atoms with van der Waals surface area (Å²) < 4.78 is 43.5. The van der Waals surface area contributed by atoms with Crippen LogP contribution in [0.5, 0.6) is 17.2 Å². The van der Waals surface area contributed by atoms with Crippen LogP contribution in [0.25, 0.3) is 17.0 Å². The van der Waals surface area contributed by atoms with Crippen molar-refractivity contribution in [3.8, 4) is 17.2 Å². The molecule has 1 aliphatic rings. The van der Waals surface area contributed by atoms with Gasteiger partial charge in [-0.1, -0.05) is 18.2 Å². The fourth-order valence-corrected chi connectivity index (χ4v) is 4.85. The Morgan fingerprint density at radius 2 is 1.74 bits per heavy atom. The number of Topliss-reactive ketones (excluding diaryl/α,β-unsaturated/α-hetero) is 1. The first kappa shape index (κ1) is 21.8. The van der Waals surface area contributed by atoms with Crippen LogP contribution in [-0.4, -0.2) is 25.9 Å². The van der Waals surface area contributed by atoms with Crippen LogP contribution >= 0.6 is 0 Å². The number of methoxy groups -OCH3 is 1. The minimum Gasteiger partial charge on any atom is -0.497 e. The van der Waals surface area contributed by atoms with E-state index in [1.807, 2.05) is 30.5 Å². The van der Waals surface area contributed by atoms with E-state index >= 15 is 0 Å². The summed E-state index contributed by atoms with van der Waals surface area (Å²) in [4.78, 5) is 12.9. The van der Waals surface area contributed by atoms with E-state index < -0.39 is 10.1 Å².